The Morgan fingerprint density at radius 1 is 1.03 bits per heavy atom. The van der Waals surface area contributed by atoms with Crippen molar-refractivity contribution in [3.05, 3.63) is 87.2 Å². The van der Waals surface area contributed by atoms with E-state index in [-0.39, 0.29) is 17.3 Å². The van der Waals surface area contributed by atoms with Gasteiger partial charge in [0.1, 0.15) is 17.1 Å². The molecule has 0 aliphatic heterocycles. The van der Waals surface area contributed by atoms with E-state index in [0.29, 0.717) is 16.2 Å². The number of furan rings is 1. The van der Waals surface area contributed by atoms with Crippen molar-refractivity contribution in [3.63, 3.8) is 0 Å². The molecule has 34 heavy (non-hydrogen) atoms. The van der Waals surface area contributed by atoms with Crippen molar-refractivity contribution in [1.29, 1.82) is 0 Å². The van der Waals surface area contributed by atoms with Crippen molar-refractivity contribution in [2.24, 2.45) is 0 Å². The average Bonchev–Trinajstić information content (AvgIpc) is 3.48. The van der Waals surface area contributed by atoms with Crippen LogP contribution in [0, 0.1) is 0 Å². The molecule has 1 N–H and O–H groups in total. The normalized spacial score (nSPS) is 11.5. The van der Waals surface area contributed by atoms with Gasteiger partial charge in [0.2, 0.25) is 0 Å². The molecule has 178 valence electrons. The Hall–Kier alpha value is -3.31. The zero-order chi connectivity index (χ0) is 24.4. The van der Waals surface area contributed by atoms with Gasteiger partial charge in [-0.05, 0) is 29.8 Å². The fraction of sp³-hybridized carbons (Fsp3) is 0.190. The van der Waals surface area contributed by atoms with Gasteiger partial charge in [-0.3, -0.25) is 14.2 Å². The highest BCUT2D eigenvalue weighted by Gasteiger charge is 2.28. The lowest BCUT2D eigenvalue weighted by molar-refractivity contribution is 0.0993. The third-order valence-electron chi connectivity index (χ3n) is 4.68. The summed E-state index contributed by atoms with van der Waals surface area (Å²) < 4.78 is 60.2. The number of carbonyl (C=O) groups excluding carboxylic acids is 1. The third-order valence-corrected chi connectivity index (χ3v) is 5.30. The van der Waals surface area contributed by atoms with Crippen LogP contribution in [0.5, 0.6) is 0 Å². The summed E-state index contributed by atoms with van der Waals surface area (Å²) >= 11 is 11.6. The maximum absolute atomic E-state index is 13.3. The van der Waals surface area contributed by atoms with E-state index >= 15 is 0 Å². The quantitative estimate of drug-likeness (QED) is 0.283. The van der Waals surface area contributed by atoms with Crippen molar-refractivity contribution in [3.8, 4) is 0 Å². The third kappa shape index (κ3) is 5.26. The lowest BCUT2D eigenvalue weighted by atomic mass is 10.2. The van der Waals surface area contributed by atoms with E-state index in [1.165, 1.54) is 12.1 Å². The van der Waals surface area contributed by atoms with Gasteiger partial charge >= 0.3 is 0 Å². The van der Waals surface area contributed by atoms with Gasteiger partial charge in [-0.2, -0.15) is 10.2 Å². The van der Waals surface area contributed by atoms with Crippen LogP contribution in [0.2, 0.25) is 10.0 Å². The van der Waals surface area contributed by atoms with Crippen LogP contribution in [0.4, 0.5) is 23.4 Å². The number of nitrogens with zero attached hydrogens (tertiary/aromatic N) is 4. The van der Waals surface area contributed by atoms with Gasteiger partial charge in [-0.1, -0.05) is 35.3 Å². The van der Waals surface area contributed by atoms with Crippen LogP contribution >= 0.6 is 23.2 Å². The highest BCUT2D eigenvalue weighted by Crippen LogP contribution is 2.35. The predicted octanol–water partition coefficient (Wildman–Crippen LogP) is 6.20. The van der Waals surface area contributed by atoms with E-state index in [1.54, 1.807) is 29.1 Å². The van der Waals surface area contributed by atoms with E-state index in [2.05, 4.69) is 15.5 Å². The molecule has 1 amide bonds. The molecule has 0 aliphatic rings. The Morgan fingerprint density at radius 3 is 2.53 bits per heavy atom. The van der Waals surface area contributed by atoms with Crippen LogP contribution in [-0.4, -0.2) is 25.5 Å². The molecule has 0 aliphatic carbocycles. The molecular weight excluding hydrogens is 501 g/mol. The minimum atomic E-state index is -3.13. The molecule has 0 spiro atoms. The van der Waals surface area contributed by atoms with Crippen LogP contribution in [-0.2, 0) is 13.1 Å². The van der Waals surface area contributed by atoms with Gasteiger partial charge in [-0.15, -0.1) is 0 Å². The summed E-state index contributed by atoms with van der Waals surface area (Å²) in [4.78, 5) is 12.5. The van der Waals surface area contributed by atoms with Crippen LogP contribution in [0.1, 0.15) is 46.1 Å². The van der Waals surface area contributed by atoms with Crippen molar-refractivity contribution < 1.29 is 26.8 Å². The Morgan fingerprint density at radius 2 is 1.82 bits per heavy atom. The minimum absolute atomic E-state index is 0.0403. The van der Waals surface area contributed by atoms with Gasteiger partial charge < -0.3 is 9.73 Å². The fourth-order valence-corrected chi connectivity index (χ4v) is 3.70. The maximum Gasteiger partial charge on any atom is 0.292 e. The summed E-state index contributed by atoms with van der Waals surface area (Å²) in [6.07, 6.45) is -4.59. The number of hydrogen-bond acceptors (Lipinski definition) is 4. The number of nitrogens with one attached hydrogen (secondary N) is 1. The van der Waals surface area contributed by atoms with Gasteiger partial charge in [-0.25, -0.2) is 17.6 Å². The second-order valence-corrected chi connectivity index (χ2v) is 7.91. The van der Waals surface area contributed by atoms with Crippen LogP contribution in [0.25, 0.3) is 0 Å². The molecule has 7 nitrogen and oxygen atoms in total. The Bertz CT molecular complexity index is 1320. The zero-order valence-corrected chi connectivity index (χ0v) is 18.6. The molecule has 0 saturated carbocycles. The van der Waals surface area contributed by atoms with Crippen LogP contribution in [0.15, 0.2) is 53.1 Å². The van der Waals surface area contributed by atoms with Crippen molar-refractivity contribution in [2.45, 2.75) is 25.9 Å². The van der Waals surface area contributed by atoms with E-state index in [4.69, 9.17) is 27.6 Å². The molecule has 3 aromatic heterocycles. The van der Waals surface area contributed by atoms with Gasteiger partial charge in [0.15, 0.2) is 11.6 Å². The number of aromatic nitrogens is 4. The number of rotatable bonds is 8. The molecule has 0 saturated heterocycles. The molecule has 4 rings (SSSR count). The number of alkyl halides is 4. The highest BCUT2D eigenvalue weighted by atomic mass is 35.5. The number of benzene rings is 1. The first-order valence-corrected chi connectivity index (χ1v) is 10.5. The van der Waals surface area contributed by atoms with Gasteiger partial charge in [0.25, 0.3) is 18.8 Å². The van der Waals surface area contributed by atoms with E-state index < -0.39 is 41.7 Å². The van der Waals surface area contributed by atoms with E-state index in [0.717, 1.165) is 5.56 Å². The summed E-state index contributed by atoms with van der Waals surface area (Å²) in [6, 6.07) is 11.5. The van der Waals surface area contributed by atoms with Crippen molar-refractivity contribution in [2.75, 3.05) is 5.32 Å². The number of hydrogen-bond donors (Lipinski definition) is 1. The number of halogens is 6. The lowest BCUT2D eigenvalue weighted by Gasteiger charge is -2.05. The number of carbonyl (C=O) groups is 1. The fourth-order valence-electron chi connectivity index (χ4n) is 3.19. The summed E-state index contributed by atoms with van der Waals surface area (Å²) in [5.41, 5.74) is -0.888. The Kier molecular flexibility index (Phi) is 6.94. The Balaban J connectivity index is 1.43. The molecule has 13 heteroatoms. The highest BCUT2D eigenvalue weighted by molar-refractivity contribution is 6.32. The van der Waals surface area contributed by atoms with Crippen LogP contribution < -0.4 is 5.32 Å². The molecule has 0 unspecified atom stereocenters. The molecule has 1 aromatic carbocycles. The summed E-state index contributed by atoms with van der Waals surface area (Å²) in [7, 11) is 0. The summed E-state index contributed by atoms with van der Waals surface area (Å²) in [5.74, 6) is -0.477. The minimum Gasteiger partial charge on any atom is -0.454 e. The summed E-state index contributed by atoms with van der Waals surface area (Å²) in [5, 5.41) is 10.1. The standard InChI is InChI=1S/C21H15Cl2F4N5O2/c22-12-3-1-2-11(8-12)9-31-7-6-15(29-31)28-21(33)14-5-4-13(34-14)10-32-18(20(26)27)16(23)17(30-32)19(24)25/h1-8,19-20H,9-10H2,(H,28,29,33). The topological polar surface area (TPSA) is 77.9 Å². The van der Waals surface area contributed by atoms with E-state index in [1.807, 2.05) is 12.1 Å². The first kappa shape index (κ1) is 23.8. The second kappa shape index (κ2) is 9.90. The molecule has 0 radical (unpaired) electrons. The molecule has 0 bridgehead atoms. The largest absolute Gasteiger partial charge is 0.454 e. The predicted molar refractivity (Wildman–Crippen MR) is 116 cm³/mol. The number of amides is 1. The zero-order valence-electron chi connectivity index (χ0n) is 17.1. The van der Waals surface area contributed by atoms with Crippen molar-refractivity contribution in [1.82, 2.24) is 19.6 Å². The summed E-state index contributed by atoms with van der Waals surface area (Å²) in [6.45, 7) is 0.00842. The molecule has 4 aromatic rings. The van der Waals surface area contributed by atoms with Gasteiger partial charge in [0, 0.05) is 17.3 Å². The smallest absolute Gasteiger partial charge is 0.292 e. The molecule has 3 heterocycles. The Labute approximate surface area is 199 Å². The molecule has 0 fully saturated rings. The lowest BCUT2D eigenvalue weighted by Crippen LogP contribution is -2.12. The average molecular weight is 516 g/mol. The molecule has 0 atom stereocenters. The number of anilines is 1. The molecular formula is C21H15Cl2F4N5O2. The SMILES string of the molecule is O=C(Nc1ccn(Cc2cccc(Cl)c2)n1)c1ccc(Cn2nc(C(F)F)c(Cl)c2C(F)F)o1. The first-order valence-electron chi connectivity index (χ1n) is 9.71. The second-order valence-electron chi connectivity index (χ2n) is 7.09. The van der Waals surface area contributed by atoms with Crippen molar-refractivity contribution >= 4 is 34.9 Å². The van der Waals surface area contributed by atoms with E-state index in [9.17, 15) is 22.4 Å². The van der Waals surface area contributed by atoms with Gasteiger partial charge in [0.05, 0.1) is 18.1 Å². The monoisotopic (exact) mass is 515 g/mol. The maximum atomic E-state index is 13.3. The first-order chi connectivity index (χ1) is 16.2. The van der Waals surface area contributed by atoms with Crippen LogP contribution in [0.3, 0.4) is 0 Å².